The van der Waals surface area contributed by atoms with Crippen LogP contribution in [0.25, 0.3) is 0 Å². The van der Waals surface area contributed by atoms with Gasteiger partial charge in [0.25, 0.3) is 0 Å². The molecular weight excluding hydrogens is 254 g/mol. The molecule has 20 heavy (non-hydrogen) atoms. The molecule has 0 bridgehead atoms. The fourth-order valence-electron chi connectivity index (χ4n) is 2.53. The Kier molecular flexibility index (Phi) is 5.02. The van der Waals surface area contributed by atoms with E-state index in [-0.39, 0.29) is 5.60 Å². The van der Waals surface area contributed by atoms with Crippen molar-refractivity contribution in [3.05, 3.63) is 29.8 Å². The monoisotopic (exact) mass is 279 g/mol. The molecule has 0 aliphatic carbocycles. The summed E-state index contributed by atoms with van der Waals surface area (Å²) in [4.78, 5) is 2.23. The number of aryl methyl sites for hydroxylation is 1. The van der Waals surface area contributed by atoms with Gasteiger partial charge in [-0.15, -0.1) is 0 Å². The molecule has 1 N–H and O–H groups in total. The Morgan fingerprint density at radius 3 is 2.85 bits per heavy atom. The molecule has 0 aromatic heterocycles. The summed E-state index contributed by atoms with van der Waals surface area (Å²) >= 11 is 0. The van der Waals surface area contributed by atoms with Crippen molar-refractivity contribution < 1.29 is 14.6 Å². The van der Waals surface area contributed by atoms with E-state index in [9.17, 15) is 5.11 Å². The zero-order valence-corrected chi connectivity index (χ0v) is 12.6. The molecule has 1 fully saturated rings. The number of β-amino-alcohol motifs (C(OH)–C–C–N with tert-alkyl or cyclic N) is 1. The van der Waals surface area contributed by atoms with Gasteiger partial charge < -0.3 is 14.6 Å². The third-order valence-electron chi connectivity index (χ3n) is 3.50. The summed E-state index contributed by atoms with van der Waals surface area (Å²) in [5.74, 6) is 0.842. The van der Waals surface area contributed by atoms with Crippen molar-refractivity contribution in [2.24, 2.45) is 0 Å². The summed E-state index contributed by atoms with van der Waals surface area (Å²) in [6.45, 7) is 9.54. The Morgan fingerprint density at radius 1 is 1.40 bits per heavy atom. The summed E-state index contributed by atoms with van der Waals surface area (Å²) in [7, 11) is 0. The third kappa shape index (κ3) is 4.47. The molecule has 112 valence electrons. The quantitative estimate of drug-likeness (QED) is 0.893. The molecule has 1 aromatic carbocycles. The lowest BCUT2D eigenvalue weighted by molar-refractivity contribution is -0.0947. The second kappa shape index (κ2) is 6.57. The van der Waals surface area contributed by atoms with Crippen LogP contribution in [0.15, 0.2) is 24.3 Å². The van der Waals surface area contributed by atoms with Gasteiger partial charge in [0.05, 0.1) is 12.2 Å². The van der Waals surface area contributed by atoms with Crippen LogP contribution < -0.4 is 4.74 Å². The molecule has 0 amide bonds. The highest BCUT2D eigenvalue weighted by molar-refractivity contribution is 5.31. The summed E-state index contributed by atoms with van der Waals surface area (Å²) < 4.78 is 11.4. The van der Waals surface area contributed by atoms with Gasteiger partial charge in [-0.2, -0.15) is 0 Å². The van der Waals surface area contributed by atoms with Crippen LogP contribution in [0.2, 0.25) is 0 Å². The number of benzene rings is 1. The van der Waals surface area contributed by atoms with Crippen LogP contribution in [-0.2, 0) is 4.74 Å². The number of hydrogen-bond acceptors (Lipinski definition) is 4. The fraction of sp³-hybridized carbons (Fsp3) is 0.625. The first kappa shape index (κ1) is 15.3. The number of rotatable bonds is 5. The lowest BCUT2D eigenvalue weighted by atomic mass is 10.1. The van der Waals surface area contributed by atoms with Crippen molar-refractivity contribution in [1.29, 1.82) is 0 Å². The SMILES string of the molecule is Cc1ccccc1OCC(O)CN1CCOC(C)(C)C1. The largest absolute Gasteiger partial charge is 0.491 e. The van der Waals surface area contributed by atoms with Crippen molar-refractivity contribution in [1.82, 2.24) is 4.90 Å². The van der Waals surface area contributed by atoms with Crippen LogP contribution in [0.5, 0.6) is 5.75 Å². The predicted molar refractivity (Wildman–Crippen MR) is 79.2 cm³/mol. The maximum absolute atomic E-state index is 10.1. The molecule has 0 radical (unpaired) electrons. The van der Waals surface area contributed by atoms with Gasteiger partial charge in [0.2, 0.25) is 0 Å². The Morgan fingerprint density at radius 2 is 2.15 bits per heavy atom. The first-order chi connectivity index (χ1) is 9.46. The Labute approximate surface area is 121 Å². The first-order valence-corrected chi connectivity index (χ1v) is 7.19. The number of hydrogen-bond donors (Lipinski definition) is 1. The van der Waals surface area contributed by atoms with Gasteiger partial charge in [-0.25, -0.2) is 0 Å². The molecule has 1 aliphatic heterocycles. The second-order valence-electron chi connectivity index (χ2n) is 6.07. The van der Waals surface area contributed by atoms with E-state index in [0.717, 1.165) is 31.0 Å². The van der Waals surface area contributed by atoms with E-state index in [1.807, 2.05) is 31.2 Å². The summed E-state index contributed by atoms with van der Waals surface area (Å²) in [6, 6.07) is 7.86. The van der Waals surface area contributed by atoms with Gasteiger partial charge in [-0.05, 0) is 32.4 Å². The maximum atomic E-state index is 10.1. The normalized spacial score (nSPS) is 20.6. The molecular formula is C16H25NO3. The molecule has 1 atom stereocenters. The van der Waals surface area contributed by atoms with Crippen molar-refractivity contribution in [3.8, 4) is 5.75 Å². The maximum Gasteiger partial charge on any atom is 0.122 e. The van der Waals surface area contributed by atoms with Gasteiger partial charge in [0.1, 0.15) is 18.5 Å². The molecule has 0 saturated carbocycles. The van der Waals surface area contributed by atoms with Crippen LogP contribution in [0.1, 0.15) is 19.4 Å². The van der Waals surface area contributed by atoms with E-state index in [1.54, 1.807) is 0 Å². The van der Waals surface area contributed by atoms with Crippen LogP contribution in [-0.4, -0.2) is 54.6 Å². The molecule has 1 unspecified atom stereocenters. The van der Waals surface area contributed by atoms with E-state index < -0.39 is 6.10 Å². The van der Waals surface area contributed by atoms with Crippen LogP contribution in [0.3, 0.4) is 0 Å². The average molecular weight is 279 g/mol. The number of para-hydroxylation sites is 1. The molecule has 4 heteroatoms. The van der Waals surface area contributed by atoms with Gasteiger partial charge in [0, 0.05) is 19.6 Å². The molecule has 1 saturated heterocycles. The minimum Gasteiger partial charge on any atom is -0.491 e. The predicted octanol–water partition coefficient (Wildman–Crippen LogP) is 1.85. The van der Waals surface area contributed by atoms with Crippen molar-refractivity contribution in [2.75, 3.05) is 32.8 Å². The van der Waals surface area contributed by atoms with Crippen molar-refractivity contribution in [2.45, 2.75) is 32.5 Å². The van der Waals surface area contributed by atoms with E-state index in [2.05, 4.69) is 18.7 Å². The first-order valence-electron chi connectivity index (χ1n) is 7.19. The van der Waals surface area contributed by atoms with E-state index in [1.165, 1.54) is 0 Å². The zero-order chi connectivity index (χ0) is 14.6. The molecule has 1 aliphatic rings. The van der Waals surface area contributed by atoms with Crippen molar-refractivity contribution in [3.63, 3.8) is 0 Å². The second-order valence-corrected chi connectivity index (χ2v) is 6.07. The standard InChI is InChI=1S/C16H25NO3/c1-13-6-4-5-7-15(13)19-11-14(18)10-17-8-9-20-16(2,3)12-17/h4-7,14,18H,8-12H2,1-3H3. The van der Waals surface area contributed by atoms with Gasteiger partial charge in [0.15, 0.2) is 0 Å². The van der Waals surface area contributed by atoms with Gasteiger partial charge >= 0.3 is 0 Å². The average Bonchev–Trinajstić information content (AvgIpc) is 2.36. The smallest absolute Gasteiger partial charge is 0.122 e. The highest BCUT2D eigenvalue weighted by Gasteiger charge is 2.28. The fourth-order valence-corrected chi connectivity index (χ4v) is 2.53. The number of nitrogens with zero attached hydrogens (tertiary/aromatic N) is 1. The molecule has 0 spiro atoms. The topological polar surface area (TPSA) is 41.9 Å². The van der Waals surface area contributed by atoms with E-state index in [4.69, 9.17) is 9.47 Å². The summed E-state index contributed by atoms with van der Waals surface area (Å²) in [5, 5.41) is 10.1. The van der Waals surface area contributed by atoms with Crippen LogP contribution in [0, 0.1) is 6.92 Å². The van der Waals surface area contributed by atoms with Crippen LogP contribution in [0.4, 0.5) is 0 Å². The highest BCUT2D eigenvalue weighted by Crippen LogP contribution is 2.18. The summed E-state index contributed by atoms with van der Waals surface area (Å²) in [5.41, 5.74) is 0.960. The minimum absolute atomic E-state index is 0.130. The molecule has 2 rings (SSSR count). The lowest BCUT2D eigenvalue weighted by Crippen LogP contribution is -2.50. The molecule has 1 aromatic rings. The summed E-state index contributed by atoms with van der Waals surface area (Å²) in [6.07, 6.45) is -0.483. The Balaban J connectivity index is 1.78. The highest BCUT2D eigenvalue weighted by atomic mass is 16.5. The molecule has 4 nitrogen and oxygen atoms in total. The van der Waals surface area contributed by atoms with Gasteiger partial charge in [-0.3, -0.25) is 4.90 Å². The van der Waals surface area contributed by atoms with E-state index >= 15 is 0 Å². The zero-order valence-electron chi connectivity index (χ0n) is 12.6. The molecule has 1 heterocycles. The lowest BCUT2D eigenvalue weighted by Gasteiger charge is -2.38. The minimum atomic E-state index is -0.483. The Bertz CT molecular complexity index is 433. The van der Waals surface area contributed by atoms with E-state index in [0.29, 0.717) is 13.2 Å². The van der Waals surface area contributed by atoms with Crippen molar-refractivity contribution >= 4 is 0 Å². The number of aliphatic hydroxyl groups is 1. The Hall–Kier alpha value is -1.10. The third-order valence-corrected chi connectivity index (χ3v) is 3.50. The van der Waals surface area contributed by atoms with Gasteiger partial charge in [-0.1, -0.05) is 18.2 Å². The number of ether oxygens (including phenoxy) is 2. The van der Waals surface area contributed by atoms with Crippen LogP contribution >= 0.6 is 0 Å². The number of morpholine rings is 1. The number of aliphatic hydroxyl groups excluding tert-OH is 1.